The van der Waals surface area contributed by atoms with Crippen LogP contribution in [-0.4, -0.2) is 27.8 Å². The van der Waals surface area contributed by atoms with E-state index in [0.717, 1.165) is 22.5 Å². The summed E-state index contributed by atoms with van der Waals surface area (Å²) in [5.41, 5.74) is 1.02. The van der Waals surface area contributed by atoms with Crippen LogP contribution in [-0.2, 0) is 0 Å². The first-order chi connectivity index (χ1) is 9.74. The van der Waals surface area contributed by atoms with Crippen molar-refractivity contribution in [1.29, 1.82) is 0 Å². The molecule has 1 unspecified atom stereocenters. The van der Waals surface area contributed by atoms with Crippen molar-refractivity contribution in [3.8, 4) is 0 Å². The zero-order valence-electron chi connectivity index (χ0n) is 12.5. The molecule has 1 heterocycles. The molecule has 0 saturated heterocycles. The van der Waals surface area contributed by atoms with E-state index in [4.69, 9.17) is 0 Å². The van der Waals surface area contributed by atoms with E-state index in [1.165, 1.54) is 12.8 Å². The second-order valence-corrected chi connectivity index (χ2v) is 6.47. The Kier molecular flexibility index (Phi) is 5.80. The fourth-order valence-electron chi connectivity index (χ4n) is 2.22. The van der Waals surface area contributed by atoms with Gasteiger partial charge in [0.25, 0.3) is 0 Å². The summed E-state index contributed by atoms with van der Waals surface area (Å²) in [5.74, 6) is 0. The molecule has 0 spiro atoms. The molecular weight excluding hydrogens is 266 g/mol. The zero-order valence-corrected chi connectivity index (χ0v) is 13.3. The van der Waals surface area contributed by atoms with Crippen LogP contribution < -0.4 is 5.32 Å². The van der Waals surface area contributed by atoms with Crippen LogP contribution in [0.3, 0.4) is 0 Å². The van der Waals surface area contributed by atoms with Crippen molar-refractivity contribution in [3.05, 3.63) is 30.6 Å². The Hall–Kier alpha value is -1.13. The maximum absolute atomic E-state index is 4.44. The number of hydrogen-bond donors (Lipinski definition) is 1. The number of benzene rings is 1. The molecule has 20 heavy (non-hydrogen) atoms. The number of nitrogens with zero attached hydrogens (tertiary/aromatic N) is 2. The molecular formula is C16H23N3S. The molecule has 0 bridgehead atoms. The van der Waals surface area contributed by atoms with E-state index in [1.54, 1.807) is 6.33 Å². The number of nitrogens with one attached hydrogen (secondary N) is 1. The van der Waals surface area contributed by atoms with Gasteiger partial charge in [-0.25, -0.2) is 9.97 Å². The Bertz CT molecular complexity index is 535. The molecule has 0 saturated carbocycles. The predicted molar refractivity (Wildman–Crippen MR) is 87.2 cm³/mol. The second kappa shape index (κ2) is 7.60. The molecule has 1 atom stereocenters. The van der Waals surface area contributed by atoms with Crippen molar-refractivity contribution in [3.63, 3.8) is 0 Å². The molecule has 1 aromatic heterocycles. The standard InChI is InChI=1S/C16H23N3S/c1-4-13(5-2)17-10-12(3)20-16-14-8-6-7-9-15(14)18-11-19-16/h6-9,11-13,17H,4-5,10H2,1-3H3. The van der Waals surface area contributed by atoms with E-state index in [2.05, 4.69) is 42.1 Å². The lowest BCUT2D eigenvalue weighted by atomic mass is 10.2. The van der Waals surface area contributed by atoms with Gasteiger partial charge in [0, 0.05) is 23.2 Å². The molecule has 0 aliphatic heterocycles. The maximum Gasteiger partial charge on any atom is 0.117 e. The third-order valence-corrected chi connectivity index (χ3v) is 4.62. The number of aromatic nitrogens is 2. The summed E-state index contributed by atoms with van der Waals surface area (Å²) in [6.45, 7) is 7.72. The normalized spacial score (nSPS) is 13.0. The zero-order chi connectivity index (χ0) is 14.4. The monoisotopic (exact) mass is 289 g/mol. The first-order valence-corrected chi connectivity index (χ1v) is 8.22. The van der Waals surface area contributed by atoms with Gasteiger partial charge in [0.15, 0.2) is 0 Å². The minimum absolute atomic E-state index is 0.494. The van der Waals surface area contributed by atoms with Gasteiger partial charge in [-0.05, 0) is 18.9 Å². The maximum atomic E-state index is 4.44. The third kappa shape index (κ3) is 3.93. The summed E-state index contributed by atoms with van der Waals surface area (Å²) in [5, 5.41) is 6.34. The topological polar surface area (TPSA) is 37.8 Å². The largest absolute Gasteiger partial charge is 0.313 e. The average molecular weight is 289 g/mol. The molecule has 1 aromatic carbocycles. The first kappa shape index (κ1) is 15.3. The SMILES string of the molecule is CCC(CC)NCC(C)Sc1ncnc2ccccc12. The highest BCUT2D eigenvalue weighted by molar-refractivity contribution is 8.00. The number of hydrogen-bond acceptors (Lipinski definition) is 4. The number of thioether (sulfide) groups is 1. The quantitative estimate of drug-likeness (QED) is 0.620. The van der Waals surface area contributed by atoms with Gasteiger partial charge in [-0.15, -0.1) is 11.8 Å². The van der Waals surface area contributed by atoms with Crippen molar-refractivity contribution in [2.45, 2.75) is 49.9 Å². The summed E-state index contributed by atoms with van der Waals surface area (Å²) < 4.78 is 0. The summed E-state index contributed by atoms with van der Waals surface area (Å²) in [4.78, 5) is 8.75. The minimum Gasteiger partial charge on any atom is -0.313 e. The van der Waals surface area contributed by atoms with Crippen LogP contribution in [0.1, 0.15) is 33.6 Å². The highest BCUT2D eigenvalue weighted by atomic mass is 32.2. The van der Waals surface area contributed by atoms with Crippen LogP contribution in [0, 0.1) is 0 Å². The third-order valence-electron chi connectivity index (χ3n) is 3.50. The van der Waals surface area contributed by atoms with Gasteiger partial charge < -0.3 is 5.32 Å². The molecule has 0 fully saturated rings. The number of fused-ring (bicyclic) bond motifs is 1. The first-order valence-electron chi connectivity index (χ1n) is 7.34. The van der Waals surface area contributed by atoms with Crippen molar-refractivity contribution in [2.24, 2.45) is 0 Å². The van der Waals surface area contributed by atoms with E-state index in [0.29, 0.717) is 11.3 Å². The van der Waals surface area contributed by atoms with Crippen molar-refractivity contribution in [1.82, 2.24) is 15.3 Å². The minimum atomic E-state index is 0.494. The van der Waals surface area contributed by atoms with Gasteiger partial charge in [-0.2, -0.15) is 0 Å². The predicted octanol–water partition coefficient (Wildman–Crippen LogP) is 3.89. The Balaban J connectivity index is 2.01. The molecule has 0 radical (unpaired) electrons. The van der Waals surface area contributed by atoms with E-state index >= 15 is 0 Å². The highest BCUT2D eigenvalue weighted by Gasteiger charge is 2.11. The lowest BCUT2D eigenvalue weighted by molar-refractivity contribution is 0.488. The van der Waals surface area contributed by atoms with Crippen LogP contribution in [0.15, 0.2) is 35.6 Å². The van der Waals surface area contributed by atoms with Gasteiger partial charge >= 0.3 is 0 Å². The van der Waals surface area contributed by atoms with E-state index in [1.807, 2.05) is 30.0 Å². The van der Waals surface area contributed by atoms with Gasteiger partial charge in [-0.3, -0.25) is 0 Å². The molecule has 1 N–H and O–H groups in total. The Morgan fingerprint density at radius 3 is 2.65 bits per heavy atom. The van der Waals surface area contributed by atoms with Gasteiger partial charge in [0.2, 0.25) is 0 Å². The molecule has 0 aliphatic carbocycles. The van der Waals surface area contributed by atoms with Gasteiger partial charge in [-0.1, -0.05) is 39.0 Å². The van der Waals surface area contributed by atoms with E-state index in [-0.39, 0.29) is 0 Å². The number of rotatable bonds is 7. The van der Waals surface area contributed by atoms with Crippen LogP contribution >= 0.6 is 11.8 Å². The molecule has 108 valence electrons. The molecule has 2 aromatic rings. The number of para-hydroxylation sites is 1. The lowest BCUT2D eigenvalue weighted by Gasteiger charge is -2.18. The fraction of sp³-hybridized carbons (Fsp3) is 0.500. The van der Waals surface area contributed by atoms with Crippen LogP contribution in [0.2, 0.25) is 0 Å². The Morgan fingerprint density at radius 1 is 1.15 bits per heavy atom. The van der Waals surface area contributed by atoms with E-state index < -0.39 is 0 Å². The smallest absolute Gasteiger partial charge is 0.117 e. The Morgan fingerprint density at radius 2 is 1.90 bits per heavy atom. The van der Waals surface area contributed by atoms with Crippen LogP contribution in [0.4, 0.5) is 0 Å². The van der Waals surface area contributed by atoms with Crippen molar-refractivity contribution < 1.29 is 0 Å². The Labute approximate surface area is 125 Å². The molecule has 0 aliphatic rings. The summed E-state index contributed by atoms with van der Waals surface area (Å²) in [7, 11) is 0. The highest BCUT2D eigenvalue weighted by Crippen LogP contribution is 2.27. The lowest BCUT2D eigenvalue weighted by Crippen LogP contribution is -2.32. The summed E-state index contributed by atoms with van der Waals surface area (Å²) in [6, 6.07) is 8.82. The van der Waals surface area contributed by atoms with E-state index in [9.17, 15) is 0 Å². The van der Waals surface area contributed by atoms with Crippen molar-refractivity contribution >= 4 is 22.7 Å². The summed E-state index contributed by atoms with van der Waals surface area (Å²) in [6.07, 6.45) is 4.03. The van der Waals surface area contributed by atoms with Crippen molar-refractivity contribution in [2.75, 3.05) is 6.54 Å². The molecule has 4 heteroatoms. The summed E-state index contributed by atoms with van der Waals surface area (Å²) >= 11 is 1.82. The molecule has 0 amide bonds. The van der Waals surface area contributed by atoms with Gasteiger partial charge in [0.1, 0.15) is 11.4 Å². The fourth-order valence-corrected chi connectivity index (χ4v) is 3.18. The van der Waals surface area contributed by atoms with Crippen LogP contribution in [0.25, 0.3) is 10.9 Å². The van der Waals surface area contributed by atoms with Gasteiger partial charge in [0.05, 0.1) is 5.52 Å². The van der Waals surface area contributed by atoms with Crippen LogP contribution in [0.5, 0.6) is 0 Å². The molecule has 2 rings (SSSR count). The molecule has 3 nitrogen and oxygen atoms in total. The second-order valence-electron chi connectivity index (χ2n) is 5.05. The average Bonchev–Trinajstić information content (AvgIpc) is 2.49.